The fraction of sp³-hybridized carbons (Fsp3) is 0.639. The van der Waals surface area contributed by atoms with Gasteiger partial charge in [-0.25, -0.2) is 9.59 Å². The quantitative estimate of drug-likeness (QED) is 0.0534. The van der Waals surface area contributed by atoms with Gasteiger partial charge in [0.1, 0.15) is 6.61 Å². The summed E-state index contributed by atoms with van der Waals surface area (Å²) in [6.45, 7) is 11.8. The summed E-state index contributed by atoms with van der Waals surface area (Å²) in [7, 11) is 0. The lowest BCUT2D eigenvalue weighted by Gasteiger charge is -2.20. The Kier molecular flexibility index (Phi) is 26.0. The van der Waals surface area contributed by atoms with Crippen molar-refractivity contribution in [3.8, 4) is 0 Å². The smallest absolute Gasteiger partial charge is 0.339 e. The summed E-state index contributed by atoms with van der Waals surface area (Å²) in [5.41, 5.74) is 0.235. The normalized spacial score (nSPS) is 11.8. The second-order valence-corrected chi connectivity index (χ2v) is 10.3. The maximum Gasteiger partial charge on any atom is 0.339 e. The van der Waals surface area contributed by atoms with Gasteiger partial charge in [-0.1, -0.05) is 89.3 Å². The highest BCUT2D eigenvalue weighted by Gasteiger charge is 2.22. The number of rotatable bonds is 23. The van der Waals surface area contributed by atoms with E-state index < -0.39 is 18.0 Å². The molecular weight excluding hydrogens is 544 g/mol. The first kappa shape index (κ1) is 40.1. The number of unbranched alkanes of at least 4 members (excludes halogenated alkanes) is 8. The maximum absolute atomic E-state index is 12.7. The molecule has 0 aliphatic rings. The molecule has 1 unspecified atom stereocenters. The number of allylic oxidation sites excluding steroid dienone is 4. The zero-order chi connectivity index (χ0) is 32.1. The van der Waals surface area contributed by atoms with Crippen LogP contribution in [-0.2, 0) is 23.7 Å². The first-order valence-corrected chi connectivity index (χ1v) is 16.4. The van der Waals surface area contributed by atoms with E-state index >= 15 is 0 Å². The monoisotopic (exact) mass is 602 g/mol. The van der Waals surface area contributed by atoms with Crippen LogP contribution in [0.3, 0.4) is 0 Å². The second-order valence-electron chi connectivity index (χ2n) is 10.3. The second kappa shape index (κ2) is 27.9. The number of hydrogen-bond donors (Lipinski definition) is 0. The molecule has 7 heteroatoms. The lowest BCUT2D eigenvalue weighted by molar-refractivity contribution is -0.156. The molecule has 244 valence electrons. The highest BCUT2D eigenvalue weighted by Crippen LogP contribution is 2.14. The molecule has 7 nitrogen and oxygen atoms in total. The molecule has 1 aromatic carbocycles. The summed E-state index contributed by atoms with van der Waals surface area (Å²) in [5, 5.41) is 0. The first-order valence-electron chi connectivity index (χ1n) is 16.4. The van der Waals surface area contributed by atoms with Crippen LogP contribution in [-0.4, -0.2) is 49.9 Å². The molecule has 1 atom stereocenters. The van der Waals surface area contributed by atoms with Gasteiger partial charge in [0.25, 0.3) is 0 Å². The molecule has 0 saturated heterocycles. The van der Waals surface area contributed by atoms with Crippen LogP contribution in [0.4, 0.5) is 0 Å². The zero-order valence-corrected chi connectivity index (χ0v) is 27.7. The van der Waals surface area contributed by atoms with E-state index in [1.807, 2.05) is 27.7 Å². The summed E-state index contributed by atoms with van der Waals surface area (Å²) in [5.74, 6) is -1.62. The SMILES string of the molecule is CC.CCCCC/C=C\C/C=C\CCCCCCCC(=O)OC(COC(=O)c1ccccc1C(=O)OCC)COC(C)C. The van der Waals surface area contributed by atoms with Crippen LogP contribution in [0, 0.1) is 0 Å². The van der Waals surface area contributed by atoms with E-state index in [-0.39, 0.29) is 43.0 Å². The Balaban J connectivity index is 0.00000862. The van der Waals surface area contributed by atoms with Crippen LogP contribution in [0.25, 0.3) is 0 Å². The van der Waals surface area contributed by atoms with Crippen LogP contribution in [0.5, 0.6) is 0 Å². The Morgan fingerprint density at radius 1 is 0.721 bits per heavy atom. The number of hydrogen-bond acceptors (Lipinski definition) is 7. The van der Waals surface area contributed by atoms with Gasteiger partial charge in [-0.15, -0.1) is 0 Å². The minimum Gasteiger partial charge on any atom is -0.462 e. The molecule has 0 amide bonds. The van der Waals surface area contributed by atoms with Crippen LogP contribution in [0.1, 0.15) is 139 Å². The molecular formula is C36H58O7. The van der Waals surface area contributed by atoms with Gasteiger partial charge >= 0.3 is 17.9 Å². The van der Waals surface area contributed by atoms with Crippen molar-refractivity contribution in [2.24, 2.45) is 0 Å². The van der Waals surface area contributed by atoms with Crippen LogP contribution in [0.2, 0.25) is 0 Å². The molecule has 0 heterocycles. The third-order valence-electron chi connectivity index (χ3n) is 6.29. The van der Waals surface area contributed by atoms with Crippen LogP contribution >= 0.6 is 0 Å². The molecule has 0 radical (unpaired) electrons. The predicted octanol–water partition coefficient (Wildman–Crippen LogP) is 9.20. The number of benzene rings is 1. The van der Waals surface area contributed by atoms with Gasteiger partial charge in [0.15, 0.2) is 6.10 Å². The molecule has 0 saturated carbocycles. The Hall–Kier alpha value is -2.93. The number of carbonyl (C=O) groups is 3. The minimum absolute atomic E-state index is 0.0710. The van der Waals surface area contributed by atoms with E-state index in [4.69, 9.17) is 18.9 Å². The van der Waals surface area contributed by atoms with Crippen molar-refractivity contribution in [2.45, 2.75) is 131 Å². The molecule has 1 aromatic rings. The average Bonchev–Trinajstić information content (AvgIpc) is 3.01. The van der Waals surface area contributed by atoms with Crippen molar-refractivity contribution in [3.05, 3.63) is 59.7 Å². The summed E-state index contributed by atoms with van der Waals surface area (Å²) in [4.78, 5) is 37.4. The van der Waals surface area contributed by atoms with Gasteiger partial charge in [-0.3, -0.25) is 4.79 Å². The fourth-order valence-electron chi connectivity index (χ4n) is 4.04. The third kappa shape index (κ3) is 21.4. The van der Waals surface area contributed by atoms with Gasteiger partial charge in [-0.2, -0.15) is 0 Å². The summed E-state index contributed by atoms with van der Waals surface area (Å²) in [6.07, 6.45) is 20.8. The Labute approximate surface area is 261 Å². The predicted molar refractivity (Wildman–Crippen MR) is 174 cm³/mol. The lowest BCUT2D eigenvalue weighted by atomic mass is 10.1. The van der Waals surface area contributed by atoms with Crippen molar-refractivity contribution in [1.29, 1.82) is 0 Å². The van der Waals surface area contributed by atoms with Crippen LogP contribution < -0.4 is 0 Å². The average molecular weight is 603 g/mol. The lowest BCUT2D eigenvalue weighted by Crippen LogP contribution is -2.31. The van der Waals surface area contributed by atoms with Crippen LogP contribution in [0.15, 0.2) is 48.6 Å². The summed E-state index contributed by atoms with van der Waals surface area (Å²) >= 11 is 0. The molecule has 0 aliphatic carbocycles. The number of carbonyl (C=O) groups excluding carboxylic acids is 3. The molecule has 1 rings (SSSR count). The van der Waals surface area contributed by atoms with E-state index in [0.717, 1.165) is 44.9 Å². The summed E-state index contributed by atoms with van der Waals surface area (Å²) < 4.78 is 21.6. The molecule has 0 aliphatic heterocycles. The first-order chi connectivity index (χ1) is 20.9. The molecule has 43 heavy (non-hydrogen) atoms. The van der Waals surface area contributed by atoms with E-state index in [1.54, 1.807) is 19.1 Å². The number of esters is 3. The van der Waals surface area contributed by atoms with Crippen molar-refractivity contribution in [3.63, 3.8) is 0 Å². The van der Waals surface area contributed by atoms with Gasteiger partial charge in [-0.05, 0) is 71.4 Å². The molecule has 0 fully saturated rings. The van der Waals surface area contributed by atoms with Gasteiger partial charge in [0.2, 0.25) is 0 Å². The van der Waals surface area contributed by atoms with Crippen molar-refractivity contribution >= 4 is 17.9 Å². The van der Waals surface area contributed by atoms with E-state index in [1.165, 1.54) is 37.8 Å². The Bertz CT molecular complexity index is 920. The van der Waals surface area contributed by atoms with Gasteiger partial charge in [0.05, 0.1) is 30.4 Å². The Morgan fingerprint density at radius 2 is 1.28 bits per heavy atom. The standard InChI is InChI=1S/C34H52O7.C2H6/c1-5-7-8-9-10-11-12-13-14-15-16-17-18-19-20-25-32(35)41-29(26-39-28(3)4)27-40-34(37)31-24-22-21-23-30(31)33(36)38-6-2;1-2/h10-11,13-14,21-24,28-29H,5-9,12,15-20,25-27H2,1-4H3;1-2H3/b11-10-,14-13-;. The molecule has 0 bridgehead atoms. The zero-order valence-electron chi connectivity index (χ0n) is 27.7. The van der Waals surface area contributed by atoms with Crippen molar-refractivity contribution in [1.82, 2.24) is 0 Å². The van der Waals surface area contributed by atoms with Gasteiger partial charge in [0, 0.05) is 6.42 Å². The van der Waals surface area contributed by atoms with Crippen molar-refractivity contribution < 1.29 is 33.3 Å². The van der Waals surface area contributed by atoms with Crippen molar-refractivity contribution in [2.75, 3.05) is 19.8 Å². The molecule has 0 spiro atoms. The highest BCUT2D eigenvalue weighted by molar-refractivity contribution is 6.03. The van der Waals surface area contributed by atoms with Gasteiger partial charge < -0.3 is 18.9 Å². The van der Waals surface area contributed by atoms with E-state index in [2.05, 4.69) is 31.2 Å². The largest absolute Gasteiger partial charge is 0.462 e. The topological polar surface area (TPSA) is 88.1 Å². The van der Waals surface area contributed by atoms with E-state index in [0.29, 0.717) is 6.42 Å². The molecule has 0 N–H and O–H groups in total. The minimum atomic E-state index is -0.735. The highest BCUT2D eigenvalue weighted by atomic mass is 16.6. The fourth-order valence-corrected chi connectivity index (χ4v) is 4.04. The molecule has 0 aromatic heterocycles. The third-order valence-corrected chi connectivity index (χ3v) is 6.29. The number of ether oxygens (including phenoxy) is 4. The summed E-state index contributed by atoms with van der Waals surface area (Å²) in [6, 6.07) is 6.31. The maximum atomic E-state index is 12.7. The Morgan fingerprint density at radius 3 is 1.86 bits per heavy atom. The van der Waals surface area contributed by atoms with E-state index in [9.17, 15) is 14.4 Å².